The quantitative estimate of drug-likeness (QED) is 0.790. The highest BCUT2D eigenvalue weighted by Gasteiger charge is 2.27. The normalized spacial score (nSPS) is 18.5. The van der Waals surface area contributed by atoms with E-state index in [0.29, 0.717) is 0 Å². The van der Waals surface area contributed by atoms with Crippen molar-refractivity contribution in [3.63, 3.8) is 0 Å². The van der Waals surface area contributed by atoms with Gasteiger partial charge in [0.05, 0.1) is 6.20 Å². The van der Waals surface area contributed by atoms with Crippen LogP contribution in [0.1, 0.15) is 34.9 Å². The maximum Gasteiger partial charge on any atom is 0.270 e. The van der Waals surface area contributed by atoms with Gasteiger partial charge in [0.1, 0.15) is 5.69 Å². The van der Waals surface area contributed by atoms with Gasteiger partial charge in [0.15, 0.2) is 5.65 Å². The summed E-state index contributed by atoms with van der Waals surface area (Å²) < 4.78 is 1.88. The zero-order chi connectivity index (χ0) is 15.8. The first-order chi connectivity index (χ1) is 11.2. The number of rotatable bonds is 2. The average molecular weight is 309 g/mol. The second kappa shape index (κ2) is 5.53. The maximum absolute atomic E-state index is 12.7. The van der Waals surface area contributed by atoms with Crippen LogP contribution in [0.3, 0.4) is 0 Å². The van der Waals surface area contributed by atoms with Gasteiger partial charge in [-0.3, -0.25) is 9.89 Å². The first kappa shape index (κ1) is 14.0. The minimum absolute atomic E-state index is 0.102. The zero-order valence-electron chi connectivity index (χ0n) is 13.1. The first-order valence-corrected chi connectivity index (χ1v) is 7.93. The van der Waals surface area contributed by atoms with Crippen LogP contribution in [0.15, 0.2) is 36.7 Å². The fourth-order valence-electron chi connectivity index (χ4n) is 3.32. The third-order valence-corrected chi connectivity index (χ3v) is 4.61. The SMILES string of the molecule is Cn1cccc1C(=O)N1CCC[C@H](c2ccc3cn[nH]c3n2)C1. The van der Waals surface area contributed by atoms with E-state index >= 15 is 0 Å². The predicted molar refractivity (Wildman–Crippen MR) is 87.2 cm³/mol. The van der Waals surface area contributed by atoms with E-state index in [4.69, 9.17) is 0 Å². The van der Waals surface area contributed by atoms with Gasteiger partial charge in [-0.15, -0.1) is 0 Å². The molecule has 0 spiro atoms. The molecular formula is C17H19N5O. The number of carbonyl (C=O) groups is 1. The Morgan fingerprint density at radius 1 is 1.35 bits per heavy atom. The number of nitrogens with one attached hydrogen (secondary N) is 1. The minimum atomic E-state index is 0.102. The van der Waals surface area contributed by atoms with Gasteiger partial charge in [-0.05, 0) is 37.1 Å². The summed E-state index contributed by atoms with van der Waals surface area (Å²) in [6, 6.07) is 7.88. The predicted octanol–water partition coefficient (Wildman–Crippen LogP) is 2.32. The Kier molecular flexibility index (Phi) is 3.37. The van der Waals surface area contributed by atoms with E-state index in [-0.39, 0.29) is 11.8 Å². The van der Waals surface area contributed by atoms with E-state index in [1.54, 1.807) is 6.20 Å². The van der Waals surface area contributed by atoms with E-state index < -0.39 is 0 Å². The molecule has 1 N–H and O–H groups in total. The largest absolute Gasteiger partial charge is 0.347 e. The lowest BCUT2D eigenvalue weighted by Gasteiger charge is -2.32. The highest BCUT2D eigenvalue weighted by molar-refractivity contribution is 5.92. The number of nitrogens with zero attached hydrogens (tertiary/aromatic N) is 4. The van der Waals surface area contributed by atoms with Crippen molar-refractivity contribution >= 4 is 16.9 Å². The van der Waals surface area contributed by atoms with Crippen LogP contribution in [-0.4, -0.2) is 43.6 Å². The fourth-order valence-corrected chi connectivity index (χ4v) is 3.32. The number of pyridine rings is 1. The van der Waals surface area contributed by atoms with Crippen LogP contribution >= 0.6 is 0 Å². The molecule has 1 amide bonds. The smallest absolute Gasteiger partial charge is 0.270 e. The highest BCUT2D eigenvalue weighted by atomic mass is 16.2. The van der Waals surface area contributed by atoms with Gasteiger partial charge in [-0.2, -0.15) is 5.10 Å². The molecule has 0 saturated carbocycles. The third kappa shape index (κ3) is 2.50. The van der Waals surface area contributed by atoms with Crippen molar-refractivity contribution in [3.05, 3.63) is 48.0 Å². The lowest BCUT2D eigenvalue weighted by atomic mass is 9.94. The summed E-state index contributed by atoms with van der Waals surface area (Å²) in [7, 11) is 1.91. The molecule has 1 saturated heterocycles. The van der Waals surface area contributed by atoms with Crippen molar-refractivity contribution in [2.24, 2.45) is 7.05 Å². The number of aromatic nitrogens is 4. The molecule has 0 aromatic carbocycles. The van der Waals surface area contributed by atoms with E-state index in [2.05, 4.69) is 21.2 Å². The van der Waals surface area contributed by atoms with Gasteiger partial charge in [0.2, 0.25) is 0 Å². The van der Waals surface area contributed by atoms with Gasteiger partial charge < -0.3 is 9.47 Å². The third-order valence-electron chi connectivity index (χ3n) is 4.61. The zero-order valence-corrected chi connectivity index (χ0v) is 13.1. The summed E-state index contributed by atoms with van der Waals surface area (Å²) in [5.74, 6) is 0.380. The molecule has 118 valence electrons. The van der Waals surface area contributed by atoms with Crippen molar-refractivity contribution in [2.45, 2.75) is 18.8 Å². The number of amides is 1. The number of H-pyrrole nitrogens is 1. The number of likely N-dealkylation sites (tertiary alicyclic amines) is 1. The number of piperidine rings is 1. The van der Waals surface area contributed by atoms with Gasteiger partial charge in [0, 0.05) is 43.3 Å². The molecule has 0 bridgehead atoms. The Hall–Kier alpha value is -2.63. The standard InChI is InChI=1S/C17H19N5O/c1-21-8-3-5-15(21)17(23)22-9-2-4-13(11-22)14-7-6-12-10-18-20-16(12)19-14/h3,5-8,10,13H,2,4,9,11H2,1H3,(H,18,19,20)/t13-/m0/s1. The lowest BCUT2D eigenvalue weighted by Crippen LogP contribution is -2.40. The Labute approximate surface area is 134 Å². The molecule has 1 fully saturated rings. The van der Waals surface area contributed by atoms with Crippen LogP contribution in [0.2, 0.25) is 0 Å². The van der Waals surface area contributed by atoms with E-state index in [0.717, 1.165) is 48.4 Å². The second-order valence-electron chi connectivity index (χ2n) is 6.14. The molecule has 1 atom stereocenters. The van der Waals surface area contributed by atoms with Gasteiger partial charge in [-0.1, -0.05) is 0 Å². The van der Waals surface area contributed by atoms with Gasteiger partial charge in [0.25, 0.3) is 5.91 Å². The first-order valence-electron chi connectivity index (χ1n) is 7.93. The molecule has 3 aromatic rings. The second-order valence-corrected chi connectivity index (χ2v) is 6.14. The van der Waals surface area contributed by atoms with E-state index in [9.17, 15) is 4.79 Å². The Bertz CT molecular complexity index is 849. The average Bonchev–Trinajstić information content (AvgIpc) is 3.22. The molecule has 0 radical (unpaired) electrons. The van der Waals surface area contributed by atoms with Crippen molar-refractivity contribution in [1.29, 1.82) is 0 Å². The monoisotopic (exact) mass is 309 g/mol. The lowest BCUT2D eigenvalue weighted by molar-refractivity contribution is 0.0696. The minimum Gasteiger partial charge on any atom is -0.347 e. The van der Waals surface area contributed by atoms with E-state index in [1.807, 2.05) is 40.9 Å². The summed E-state index contributed by atoms with van der Waals surface area (Å²) in [4.78, 5) is 19.3. The number of fused-ring (bicyclic) bond motifs is 1. The summed E-state index contributed by atoms with van der Waals surface area (Å²) in [5.41, 5.74) is 2.59. The summed E-state index contributed by atoms with van der Waals surface area (Å²) >= 11 is 0. The van der Waals surface area contributed by atoms with Crippen LogP contribution in [-0.2, 0) is 7.05 Å². The number of carbonyl (C=O) groups excluding carboxylic acids is 1. The van der Waals surface area contributed by atoms with E-state index in [1.165, 1.54) is 0 Å². The molecule has 1 aliphatic heterocycles. The highest BCUT2D eigenvalue weighted by Crippen LogP contribution is 2.27. The van der Waals surface area contributed by atoms with Crippen molar-refractivity contribution < 1.29 is 4.79 Å². The molecule has 4 heterocycles. The topological polar surface area (TPSA) is 66.8 Å². The number of aryl methyl sites for hydroxylation is 1. The van der Waals surface area contributed by atoms with Crippen LogP contribution in [0, 0.1) is 0 Å². The van der Waals surface area contributed by atoms with Gasteiger partial charge in [-0.25, -0.2) is 4.98 Å². The molecule has 6 nitrogen and oxygen atoms in total. The Morgan fingerprint density at radius 3 is 3.09 bits per heavy atom. The molecule has 4 rings (SSSR count). The van der Waals surface area contributed by atoms with Crippen molar-refractivity contribution in [2.75, 3.05) is 13.1 Å². The number of hydrogen-bond donors (Lipinski definition) is 1. The number of hydrogen-bond acceptors (Lipinski definition) is 3. The molecule has 0 aliphatic carbocycles. The number of aromatic amines is 1. The van der Waals surface area contributed by atoms with Gasteiger partial charge >= 0.3 is 0 Å². The van der Waals surface area contributed by atoms with Crippen molar-refractivity contribution in [1.82, 2.24) is 24.6 Å². The van der Waals surface area contributed by atoms with Crippen LogP contribution in [0.25, 0.3) is 11.0 Å². The fraction of sp³-hybridized carbons (Fsp3) is 0.353. The Morgan fingerprint density at radius 2 is 2.26 bits per heavy atom. The molecule has 3 aromatic heterocycles. The molecule has 0 unspecified atom stereocenters. The molecular weight excluding hydrogens is 290 g/mol. The summed E-state index contributed by atoms with van der Waals surface area (Å²) in [5, 5.41) is 7.95. The molecule has 1 aliphatic rings. The van der Waals surface area contributed by atoms with Crippen LogP contribution in [0.5, 0.6) is 0 Å². The van der Waals surface area contributed by atoms with Crippen molar-refractivity contribution in [3.8, 4) is 0 Å². The Balaban J connectivity index is 1.56. The summed E-state index contributed by atoms with van der Waals surface area (Å²) in [6.07, 6.45) is 5.74. The summed E-state index contributed by atoms with van der Waals surface area (Å²) in [6.45, 7) is 1.53. The molecule has 6 heteroatoms. The van der Waals surface area contributed by atoms with Crippen LogP contribution in [0.4, 0.5) is 0 Å². The maximum atomic E-state index is 12.7. The molecule has 23 heavy (non-hydrogen) atoms. The van der Waals surface area contributed by atoms with Crippen LogP contribution < -0.4 is 0 Å².